The van der Waals surface area contributed by atoms with Crippen LogP contribution in [0.25, 0.3) is 11.1 Å². The fourth-order valence-corrected chi connectivity index (χ4v) is 2.86. The second-order valence-electron chi connectivity index (χ2n) is 5.41. The van der Waals surface area contributed by atoms with Crippen molar-refractivity contribution in [3.8, 4) is 22.6 Å². The number of rotatable bonds is 6. The van der Waals surface area contributed by atoms with Crippen molar-refractivity contribution in [3.63, 3.8) is 0 Å². The predicted molar refractivity (Wildman–Crippen MR) is 89.1 cm³/mol. The first-order valence-electron chi connectivity index (χ1n) is 7.49. The molecule has 22 heavy (non-hydrogen) atoms. The van der Waals surface area contributed by atoms with Gasteiger partial charge in [0.2, 0.25) is 0 Å². The molecule has 120 valence electrons. The van der Waals surface area contributed by atoms with Crippen LogP contribution in [0.5, 0.6) is 11.5 Å². The highest BCUT2D eigenvalue weighted by molar-refractivity contribution is 7.74. The molecule has 0 radical (unpaired) electrons. The van der Waals surface area contributed by atoms with E-state index in [1.807, 2.05) is 32.0 Å². The zero-order valence-corrected chi connectivity index (χ0v) is 14.2. The lowest BCUT2D eigenvalue weighted by Gasteiger charge is -2.09. The second kappa shape index (κ2) is 7.11. The fraction of sp³-hybridized carbons (Fsp3) is 0.412. The van der Waals surface area contributed by atoms with E-state index in [2.05, 4.69) is 19.9 Å². The minimum Gasteiger partial charge on any atom is -0.493 e. The van der Waals surface area contributed by atoms with Gasteiger partial charge in [-0.05, 0) is 42.5 Å². The Labute approximate surface area is 134 Å². The van der Waals surface area contributed by atoms with Gasteiger partial charge >= 0.3 is 11.4 Å². The lowest BCUT2D eigenvalue weighted by Crippen LogP contribution is -1.97. The molecule has 4 nitrogen and oxygen atoms in total. The Morgan fingerprint density at radius 2 is 1.91 bits per heavy atom. The molecule has 2 rings (SSSR count). The molecule has 0 fully saturated rings. The Hall–Kier alpha value is -1.59. The molecule has 0 saturated carbocycles. The van der Waals surface area contributed by atoms with Gasteiger partial charge in [-0.2, -0.15) is 4.21 Å². The Bertz CT molecular complexity index is 652. The molecule has 0 aromatic carbocycles. The molecule has 2 aliphatic rings. The van der Waals surface area contributed by atoms with E-state index in [9.17, 15) is 4.21 Å². The van der Waals surface area contributed by atoms with Gasteiger partial charge < -0.3 is 8.92 Å². The standard InChI is InChI=1S/C17H22O4S/c1-5-12-9-15(21-22(18)19)14-8-7-13(11(3)4)10-16(17(12)14)20-6-2/h7-11H,5-6H2,1-4H3,(H,18,19). The van der Waals surface area contributed by atoms with Crippen LogP contribution in [-0.4, -0.2) is 15.4 Å². The minimum atomic E-state index is -2.34. The molecule has 0 amide bonds. The van der Waals surface area contributed by atoms with Crippen LogP contribution in [0.1, 0.15) is 44.7 Å². The van der Waals surface area contributed by atoms with Gasteiger partial charge in [0, 0.05) is 11.1 Å². The maximum Gasteiger partial charge on any atom is 0.357 e. The van der Waals surface area contributed by atoms with E-state index in [-0.39, 0.29) is 0 Å². The molecule has 0 aliphatic heterocycles. The summed E-state index contributed by atoms with van der Waals surface area (Å²) in [6.07, 6.45) is 0.791. The summed E-state index contributed by atoms with van der Waals surface area (Å²) in [5, 5.41) is 0. The van der Waals surface area contributed by atoms with Crippen LogP contribution in [-0.2, 0) is 17.8 Å². The third-order valence-electron chi connectivity index (χ3n) is 3.66. The Morgan fingerprint density at radius 3 is 2.45 bits per heavy atom. The topological polar surface area (TPSA) is 55.8 Å². The predicted octanol–water partition coefficient (Wildman–Crippen LogP) is 4.39. The third-order valence-corrected chi connectivity index (χ3v) is 3.98. The smallest absolute Gasteiger partial charge is 0.357 e. The molecule has 0 aromatic heterocycles. The number of ether oxygens (including phenoxy) is 1. The summed E-state index contributed by atoms with van der Waals surface area (Å²) in [7, 11) is 0. The molecule has 1 atom stereocenters. The molecule has 0 aromatic rings. The van der Waals surface area contributed by atoms with E-state index in [0.717, 1.165) is 34.4 Å². The molecule has 5 heteroatoms. The first kappa shape index (κ1) is 16.8. The summed E-state index contributed by atoms with van der Waals surface area (Å²) < 4.78 is 31.0. The van der Waals surface area contributed by atoms with Crippen LogP contribution in [0.15, 0.2) is 24.3 Å². The van der Waals surface area contributed by atoms with Crippen molar-refractivity contribution in [3.05, 3.63) is 35.4 Å². The lowest BCUT2D eigenvalue weighted by molar-refractivity contribution is 0.341. The van der Waals surface area contributed by atoms with Crippen LogP contribution in [0.3, 0.4) is 0 Å². The van der Waals surface area contributed by atoms with E-state index >= 15 is 0 Å². The van der Waals surface area contributed by atoms with Gasteiger partial charge in [-0.1, -0.05) is 32.9 Å². The number of aryl methyl sites for hydroxylation is 1. The van der Waals surface area contributed by atoms with Gasteiger partial charge in [-0.25, -0.2) is 0 Å². The minimum absolute atomic E-state index is 0.358. The molecular formula is C17H22O4S. The summed E-state index contributed by atoms with van der Waals surface area (Å²) in [6.45, 7) is 8.80. The fourth-order valence-electron chi connectivity index (χ4n) is 2.57. The molecule has 0 saturated heterocycles. The molecule has 1 N–H and O–H groups in total. The van der Waals surface area contributed by atoms with Crippen molar-refractivity contribution in [2.45, 2.75) is 40.0 Å². The molecular weight excluding hydrogens is 300 g/mol. The third kappa shape index (κ3) is 3.42. The Morgan fingerprint density at radius 1 is 1.18 bits per heavy atom. The summed E-state index contributed by atoms with van der Waals surface area (Å²) in [4.78, 5) is 0. The van der Waals surface area contributed by atoms with Crippen LogP contribution in [0.4, 0.5) is 0 Å². The van der Waals surface area contributed by atoms with Gasteiger partial charge in [0.05, 0.1) is 6.61 Å². The summed E-state index contributed by atoms with van der Waals surface area (Å²) in [5.41, 5.74) is 3.95. The second-order valence-corrected chi connectivity index (χ2v) is 6.01. The molecule has 0 spiro atoms. The monoisotopic (exact) mass is 322 g/mol. The van der Waals surface area contributed by atoms with Gasteiger partial charge in [0.15, 0.2) is 5.75 Å². The average molecular weight is 322 g/mol. The first-order valence-corrected chi connectivity index (χ1v) is 8.52. The van der Waals surface area contributed by atoms with E-state index in [4.69, 9.17) is 13.5 Å². The Balaban J connectivity index is 2.72. The zero-order valence-electron chi connectivity index (χ0n) is 13.4. The van der Waals surface area contributed by atoms with Crippen molar-refractivity contribution in [1.29, 1.82) is 0 Å². The van der Waals surface area contributed by atoms with Crippen molar-refractivity contribution in [2.75, 3.05) is 6.61 Å². The van der Waals surface area contributed by atoms with Gasteiger partial charge in [0.25, 0.3) is 0 Å². The Kier molecular flexibility index (Phi) is 5.42. The highest BCUT2D eigenvalue weighted by Crippen LogP contribution is 2.44. The average Bonchev–Trinajstić information content (AvgIpc) is 2.66. The zero-order chi connectivity index (χ0) is 16.3. The van der Waals surface area contributed by atoms with E-state index in [0.29, 0.717) is 18.3 Å². The summed E-state index contributed by atoms with van der Waals surface area (Å²) in [5.74, 6) is 1.57. The maximum atomic E-state index is 11.0. The van der Waals surface area contributed by atoms with Gasteiger partial charge in [0.1, 0.15) is 5.75 Å². The van der Waals surface area contributed by atoms with Crippen molar-refractivity contribution < 1.29 is 17.7 Å². The number of hydrogen-bond acceptors (Lipinski definition) is 3. The highest BCUT2D eigenvalue weighted by Gasteiger charge is 2.22. The van der Waals surface area contributed by atoms with Crippen LogP contribution in [0, 0.1) is 0 Å². The molecule has 2 aliphatic carbocycles. The summed E-state index contributed by atoms with van der Waals surface area (Å²) >= 11 is -2.34. The van der Waals surface area contributed by atoms with E-state index in [1.165, 1.54) is 0 Å². The van der Waals surface area contributed by atoms with Crippen molar-refractivity contribution >= 4 is 11.4 Å². The largest absolute Gasteiger partial charge is 0.493 e. The van der Waals surface area contributed by atoms with Gasteiger partial charge in [-0.15, -0.1) is 0 Å². The normalized spacial score (nSPS) is 12.6. The van der Waals surface area contributed by atoms with Crippen molar-refractivity contribution in [2.24, 2.45) is 0 Å². The molecule has 1 unspecified atom stereocenters. The molecule has 0 bridgehead atoms. The molecule has 0 heterocycles. The first-order chi connectivity index (χ1) is 10.5. The SMILES string of the molecule is CCOc1cc(C(C)C)ccc2c(OS(=O)O)cc(CC)c1-2. The van der Waals surface area contributed by atoms with Crippen LogP contribution < -0.4 is 8.92 Å². The lowest BCUT2D eigenvalue weighted by atomic mass is 10.0. The van der Waals surface area contributed by atoms with Gasteiger partial charge in [-0.3, -0.25) is 4.55 Å². The quantitative estimate of drug-likeness (QED) is 0.801. The summed E-state index contributed by atoms with van der Waals surface area (Å²) in [6, 6.07) is 7.82. The number of fused-ring (bicyclic) bond motifs is 1. The number of hydrogen-bond donors (Lipinski definition) is 1. The van der Waals surface area contributed by atoms with Crippen LogP contribution >= 0.6 is 0 Å². The van der Waals surface area contributed by atoms with E-state index < -0.39 is 11.4 Å². The highest BCUT2D eigenvalue weighted by atomic mass is 32.2. The maximum absolute atomic E-state index is 11.0. The van der Waals surface area contributed by atoms with E-state index in [1.54, 1.807) is 0 Å². The van der Waals surface area contributed by atoms with Crippen LogP contribution in [0.2, 0.25) is 0 Å². The van der Waals surface area contributed by atoms with Crippen molar-refractivity contribution in [1.82, 2.24) is 0 Å².